The maximum Gasteiger partial charge on any atom is 0.254 e. The summed E-state index contributed by atoms with van der Waals surface area (Å²) in [6, 6.07) is 5.28. The molecule has 0 aliphatic heterocycles. The van der Waals surface area contributed by atoms with Crippen LogP contribution in [0, 0.1) is 12.8 Å². The van der Waals surface area contributed by atoms with Gasteiger partial charge in [0.25, 0.3) is 5.91 Å². The average Bonchev–Trinajstić information content (AvgIpc) is 3.30. The van der Waals surface area contributed by atoms with E-state index < -0.39 is 9.84 Å². The van der Waals surface area contributed by atoms with Gasteiger partial charge in [0.15, 0.2) is 9.84 Å². The van der Waals surface area contributed by atoms with Gasteiger partial charge in [-0.25, -0.2) is 8.42 Å². The summed E-state index contributed by atoms with van der Waals surface area (Å²) in [6.45, 7) is 8.25. The number of carbonyl (C=O) groups is 1. The van der Waals surface area contributed by atoms with E-state index in [2.05, 4.69) is 20.8 Å². The Labute approximate surface area is 139 Å². The van der Waals surface area contributed by atoms with Gasteiger partial charge in [0.2, 0.25) is 0 Å². The van der Waals surface area contributed by atoms with E-state index in [9.17, 15) is 13.2 Å². The van der Waals surface area contributed by atoms with Crippen LogP contribution in [-0.4, -0.2) is 37.6 Å². The molecule has 0 bridgehead atoms. The summed E-state index contributed by atoms with van der Waals surface area (Å²) in [5.41, 5.74) is 1.33. The molecule has 0 saturated heterocycles. The molecule has 5 heteroatoms. The molecule has 0 spiro atoms. The van der Waals surface area contributed by atoms with Crippen LogP contribution >= 0.6 is 0 Å². The van der Waals surface area contributed by atoms with Crippen molar-refractivity contribution in [3.63, 3.8) is 0 Å². The fourth-order valence-electron chi connectivity index (χ4n) is 2.85. The van der Waals surface area contributed by atoms with E-state index in [1.165, 1.54) is 12.3 Å². The van der Waals surface area contributed by atoms with Gasteiger partial charge >= 0.3 is 0 Å². The molecule has 1 saturated carbocycles. The van der Waals surface area contributed by atoms with Gasteiger partial charge in [-0.3, -0.25) is 4.79 Å². The molecule has 1 aromatic carbocycles. The molecule has 23 heavy (non-hydrogen) atoms. The molecule has 0 unspecified atom stereocenters. The lowest BCUT2D eigenvalue weighted by Gasteiger charge is -2.33. The smallest absolute Gasteiger partial charge is 0.254 e. The third-order valence-corrected chi connectivity index (χ3v) is 6.06. The summed E-state index contributed by atoms with van der Waals surface area (Å²) in [5.74, 6) is 0.376. The number of hydrogen-bond donors (Lipinski definition) is 0. The van der Waals surface area contributed by atoms with Gasteiger partial charge in [-0.1, -0.05) is 26.3 Å². The molecule has 2 rings (SSSR count). The van der Waals surface area contributed by atoms with Crippen LogP contribution in [0.15, 0.2) is 23.1 Å². The van der Waals surface area contributed by atoms with Gasteiger partial charge in [-0.2, -0.15) is 0 Å². The van der Waals surface area contributed by atoms with Crippen molar-refractivity contribution < 1.29 is 13.2 Å². The molecule has 2 atom stereocenters. The van der Waals surface area contributed by atoms with Gasteiger partial charge in [0, 0.05) is 23.9 Å². The fourth-order valence-corrected chi connectivity index (χ4v) is 3.50. The van der Waals surface area contributed by atoms with Crippen LogP contribution in [-0.2, 0) is 9.84 Å². The Morgan fingerprint density at radius 3 is 2.39 bits per heavy atom. The molecule has 1 fully saturated rings. The summed E-state index contributed by atoms with van der Waals surface area (Å²) in [7, 11) is -3.32. The first-order chi connectivity index (χ1) is 10.7. The first-order valence-electron chi connectivity index (χ1n) is 8.30. The van der Waals surface area contributed by atoms with Crippen LogP contribution in [0.1, 0.15) is 56.0 Å². The number of amides is 1. The van der Waals surface area contributed by atoms with E-state index in [-0.39, 0.29) is 16.8 Å². The SMILES string of the molecule is CC[C@H](C)[C@@H](C)N(C(=O)c1cc(S(C)(=O)=O)ccc1C)C1CC1. The molecule has 0 radical (unpaired) electrons. The molecule has 0 aromatic heterocycles. The maximum absolute atomic E-state index is 13.1. The minimum Gasteiger partial charge on any atom is -0.333 e. The second kappa shape index (κ2) is 6.63. The van der Waals surface area contributed by atoms with Crippen molar-refractivity contribution in [1.82, 2.24) is 4.90 Å². The number of hydrogen-bond acceptors (Lipinski definition) is 3. The van der Waals surface area contributed by atoms with Gasteiger partial charge in [0.1, 0.15) is 0 Å². The van der Waals surface area contributed by atoms with Crippen LogP contribution in [0.5, 0.6) is 0 Å². The highest BCUT2D eigenvalue weighted by molar-refractivity contribution is 7.90. The Kier molecular flexibility index (Phi) is 5.19. The highest BCUT2D eigenvalue weighted by Gasteiger charge is 2.38. The predicted molar refractivity (Wildman–Crippen MR) is 92.4 cm³/mol. The van der Waals surface area contributed by atoms with Crippen molar-refractivity contribution in [2.24, 2.45) is 5.92 Å². The lowest BCUT2D eigenvalue weighted by molar-refractivity contribution is 0.0614. The van der Waals surface area contributed by atoms with E-state index in [1.807, 2.05) is 11.8 Å². The van der Waals surface area contributed by atoms with Gasteiger partial charge in [-0.15, -0.1) is 0 Å². The second-order valence-corrected chi connectivity index (χ2v) is 8.83. The highest BCUT2D eigenvalue weighted by atomic mass is 32.2. The Morgan fingerprint density at radius 1 is 1.30 bits per heavy atom. The molecule has 1 aliphatic carbocycles. The van der Waals surface area contributed by atoms with Crippen molar-refractivity contribution >= 4 is 15.7 Å². The zero-order chi connectivity index (χ0) is 17.4. The molecule has 1 aliphatic rings. The van der Waals surface area contributed by atoms with Crippen molar-refractivity contribution in [3.8, 4) is 0 Å². The zero-order valence-electron chi connectivity index (χ0n) is 14.7. The fraction of sp³-hybridized carbons (Fsp3) is 0.611. The van der Waals surface area contributed by atoms with Crippen LogP contribution < -0.4 is 0 Å². The first kappa shape index (κ1) is 18.0. The topological polar surface area (TPSA) is 54.5 Å². The van der Waals surface area contributed by atoms with Crippen molar-refractivity contribution in [2.45, 2.75) is 63.9 Å². The Morgan fingerprint density at radius 2 is 1.91 bits per heavy atom. The lowest BCUT2D eigenvalue weighted by Crippen LogP contribution is -2.43. The van der Waals surface area contributed by atoms with E-state index in [4.69, 9.17) is 0 Å². The summed E-state index contributed by atoms with van der Waals surface area (Å²) < 4.78 is 23.6. The number of sulfone groups is 1. The molecule has 4 nitrogen and oxygen atoms in total. The third-order valence-electron chi connectivity index (χ3n) is 4.95. The monoisotopic (exact) mass is 337 g/mol. The largest absolute Gasteiger partial charge is 0.333 e. The first-order valence-corrected chi connectivity index (χ1v) is 10.2. The number of benzene rings is 1. The molecular formula is C18H27NO3S. The maximum atomic E-state index is 13.1. The summed E-state index contributed by atoms with van der Waals surface area (Å²) in [6.07, 6.45) is 4.26. The number of rotatable bonds is 6. The Balaban J connectivity index is 2.41. The van der Waals surface area contributed by atoms with Gasteiger partial charge < -0.3 is 4.90 Å². The van der Waals surface area contributed by atoms with E-state index in [0.29, 0.717) is 17.5 Å². The molecule has 0 heterocycles. The molecule has 128 valence electrons. The summed E-state index contributed by atoms with van der Waals surface area (Å²) in [4.78, 5) is 15.3. The number of aryl methyl sites for hydroxylation is 1. The van der Waals surface area contributed by atoms with Gasteiger partial charge in [0.05, 0.1) is 4.90 Å². The molecule has 1 amide bonds. The zero-order valence-corrected chi connectivity index (χ0v) is 15.5. The van der Waals surface area contributed by atoms with E-state index in [1.54, 1.807) is 12.1 Å². The lowest BCUT2D eigenvalue weighted by atomic mass is 9.97. The van der Waals surface area contributed by atoms with Crippen LogP contribution in [0.4, 0.5) is 0 Å². The van der Waals surface area contributed by atoms with E-state index >= 15 is 0 Å². The standard InChI is InChI=1S/C18H27NO3S/c1-6-12(2)14(4)19(15-8-9-15)18(20)17-11-16(23(5,21)22)10-7-13(17)3/h7,10-12,14-15H,6,8-9H2,1-5H3/t12-,14+/m0/s1. The van der Waals surface area contributed by atoms with Gasteiger partial charge in [-0.05, 0) is 50.3 Å². The third kappa shape index (κ3) is 3.94. The minimum absolute atomic E-state index is 0.0386. The van der Waals surface area contributed by atoms with Crippen molar-refractivity contribution in [3.05, 3.63) is 29.3 Å². The highest BCUT2D eigenvalue weighted by Crippen LogP contribution is 2.33. The van der Waals surface area contributed by atoms with E-state index in [0.717, 1.165) is 24.8 Å². The number of carbonyl (C=O) groups excluding carboxylic acids is 1. The normalized spacial score (nSPS) is 17.6. The second-order valence-electron chi connectivity index (χ2n) is 6.82. The van der Waals surface area contributed by atoms with Crippen LogP contribution in [0.3, 0.4) is 0 Å². The Hall–Kier alpha value is -1.36. The molecule has 1 aromatic rings. The minimum atomic E-state index is -3.32. The molecule has 0 N–H and O–H groups in total. The van der Waals surface area contributed by atoms with Crippen molar-refractivity contribution in [2.75, 3.05) is 6.26 Å². The predicted octanol–water partition coefficient (Wildman–Crippen LogP) is 3.44. The quantitative estimate of drug-likeness (QED) is 0.799. The van der Waals surface area contributed by atoms with Crippen LogP contribution in [0.25, 0.3) is 0 Å². The Bertz CT molecular complexity index is 692. The average molecular weight is 337 g/mol. The van der Waals surface area contributed by atoms with Crippen LogP contribution in [0.2, 0.25) is 0 Å². The summed E-state index contributed by atoms with van der Waals surface area (Å²) >= 11 is 0. The van der Waals surface area contributed by atoms with Crippen molar-refractivity contribution in [1.29, 1.82) is 0 Å². The number of nitrogens with zero attached hydrogens (tertiary/aromatic N) is 1. The molecular weight excluding hydrogens is 310 g/mol. The summed E-state index contributed by atoms with van der Waals surface area (Å²) in [5, 5.41) is 0.